The lowest BCUT2D eigenvalue weighted by Gasteiger charge is -2.34. The van der Waals surface area contributed by atoms with E-state index in [4.69, 9.17) is 4.74 Å². The van der Waals surface area contributed by atoms with Gasteiger partial charge in [0.25, 0.3) is 0 Å². The number of amides is 2. The zero-order valence-corrected chi connectivity index (χ0v) is 16.3. The van der Waals surface area contributed by atoms with Crippen LogP contribution >= 0.6 is 0 Å². The van der Waals surface area contributed by atoms with Gasteiger partial charge in [0.2, 0.25) is 0 Å². The number of piperazine rings is 1. The van der Waals surface area contributed by atoms with Gasteiger partial charge in [0, 0.05) is 39.3 Å². The average Bonchev–Trinajstić information content (AvgIpc) is 2.72. The lowest BCUT2D eigenvalue weighted by atomic mass is 10.1. The monoisotopic (exact) mass is 367 g/mol. The van der Waals surface area contributed by atoms with E-state index in [9.17, 15) is 4.79 Å². The molecule has 0 radical (unpaired) electrons. The predicted octanol–water partition coefficient (Wildman–Crippen LogP) is 3.07. The first kappa shape index (κ1) is 19.2. The number of ether oxygens (including phenoxy) is 1. The van der Waals surface area contributed by atoms with Gasteiger partial charge in [0.15, 0.2) is 0 Å². The molecule has 5 heteroatoms. The van der Waals surface area contributed by atoms with Gasteiger partial charge < -0.3 is 15.0 Å². The smallest absolute Gasteiger partial charge is 0.317 e. The molecule has 1 aliphatic rings. The van der Waals surface area contributed by atoms with Gasteiger partial charge in [-0.05, 0) is 36.1 Å². The Morgan fingerprint density at radius 3 is 2.37 bits per heavy atom. The van der Waals surface area contributed by atoms with Crippen molar-refractivity contribution in [1.82, 2.24) is 15.1 Å². The van der Waals surface area contributed by atoms with E-state index >= 15 is 0 Å². The van der Waals surface area contributed by atoms with Crippen LogP contribution in [0.25, 0.3) is 0 Å². The number of methoxy groups -OCH3 is 1. The minimum atomic E-state index is 0.0302. The molecular formula is C22H29N3O2. The van der Waals surface area contributed by atoms with Crippen LogP contribution in [0.5, 0.6) is 5.75 Å². The number of aryl methyl sites for hydroxylation is 1. The maximum Gasteiger partial charge on any atom is 0.317 e. The molecule has 2 aromatic carbocycles. The van der Waals surface area contributed by atoms with Crippen molar-refractivity contribution in [2.24, 2.45) is 0 Å². The Balaban J connectivity index is 1.42. The molecule has 1 saturated heterocycles. The Morgan fingerprint density at radius 1 is 1.00 bits per heavy atom. The summed E-state index contributed by atoms with van der Waals surface area (Å²) in [6, 6.07) is 16.4. The van der Waals surface area contributed by atoms with Crippen molar-refractivity contribution >= 4 is 6.03 Å². The molecule has 0 unspecified atom stereocenters. The highest BCUT2D eigenvalue weighted by molar-refractivity contribution is 5.74. The number of carbonyl (C=O) groups is 1. The molecule has 2 amide bonds. The fourth-order valence-corrected chi connectivity index (χ4v) is 3.45. The second-order valence-corrected chi connectivity index (χ2v) is 6.98. The first-order chi connectivity index (χ1) is 13.2. The Labute approximate surface area is 161 Å². The molecule has 0 spiro atoms. The van der Waals surface area contributed by atoms with Crippen molar-refractivity contribution in [3.05, 3.63) is 65.2 Å². The molecule has 1 fully saturated rings. The molecule has 1 aliphatic heterocycles. The number of hydrogen-bond acceptors (Lipinski definition) is 3. The normalized spacial score (nSPS) is 14.8. The summed E-state index contributed by atoms with van der Waals surface area (Å²) in [5, 5.41) is 3.05. The van der Waals surface area contributed by atoms with Crippen LogP contribution in [-0.2, 0) is 13.0 Å². The summed E-state index contributed by atoms with van der Waals surface area (Å²) in [7, 11) is 1.72. The summed E-state index contributed by atoms with van der Waals surface area (Å²) in [6.45, 7) is 7.00. The summed E-state index contributed by atoms with van der Waals surface area (Å²) >= 11 is 0. The van der Waals surface area contributed by atoms with Crippen LogP contribution in [0, 0.1) is 6.92 Å². The summed E-state index contributed by atoms with van der Waals surface area (Å²) in [6.07, 6.45) is 0.962. The Bertz CT molecular complexity index is 755. The molecule has 3 rings (SSSR count). The average molecular weight is 367 g/mol. The van der Waals surface area contributed by atoms with Gasteiger partial charge in [-0.1, -0.05) is 42.5 Å². The van der Waals surface area contributed by atoms with E-state index in [1.165, 1.54) is 16.7 Å². The number of urea groups is 1. The molecule has 0 bridgehead atoms. The maximum atomic E-state index is 12.4. The molecular weight excluding hydrogens is 338 g/mol. The number of para-hydroxylation sites is 1. The summed E-state index contributed by atoms with van der Waals surface area (Å²) in [4.78, 5) is 16.8. The molecule has 144 valence electrons. The lowest BCUT2D eigenvalue weighted by Crippen LogP contribution is -2.51. The van der Waals surface area contributed by atoms with E-state index in [-0.39, 0.29) is 6.03 Å². The van der Waals surface area contributed by atoms with E-state index in [0.29, 0.717) is 6.54 Å². The van der Waals surface area contributed by atoms with E-state index in [1.54, 1.807) is 7.11 Å². The van der Waals surface area contributed by atoms with Crippen LogP contribution in [0.2, 0.25) is 0 Å². The third-order valence-electron chi connectivity index (χ3n) is 5.24. The molecule has 1 heterocycles. The van der Waals surface area contributed by atoms with E-state index in [1.807, 2.05) is 29.2 Å². The molecule has 0 aromatic heterocycles. The zero-order chi connectivity index (χ0) is 19.1. The highest BCUT2D eigenvalue weighted by atomic mass is 16.5. The first-order valence-electron chi connectivity index (χ1n) is 9.59. The van der Waals surface area contributed by atoms with Crippen LogP contribution in [0.4, 0.5) is 4.79 Å². The second-order valence-electron chi connectivity index (χ2n) is 6.98. The van der Waals surface area contributed by atoms with E-state index < -0.39 is 0 Å². The van der Waals surface area contributed by atoms with Gasteiger partial charge in [-0.2, -0.15) is 0 Å². The molecule has 1 N–H and O–H groups in total. The van der Waals surface area contributed by atoms with Gasteiger partial charge in [-0.15, -0.1) is 0 Å². The van der Waals surface area contributed by atoms with Crippen LogP contribution in [0.1, 0.15) is 16.7 Å². The second kappa shape index (κ2) is 9.42. The Kier molecular flexibility index (Phi) is 6.71. The minimum Gasteiger partial charge on any atom is -0.496 e. The van der Waals surface area contributed by atoms with Gasteiger partial charge in [-0.25, -0.2) is 4.79 Å². The zero-order valence-electron chi connectivity index (χ0n) is 16.3. The van der Waals surface area contributed by atoms with Gasteiger partial charge in [0.05, 0.1) is 7.11 Å². The van der Waals surface area contributed by atoms with Crippen molar-refractivity contribution in [3.63, 3.8) is 0 Å². The fraction of sp³-hybridized carbons (Fsp3) is 0.409. The Hall–Kier alpha value is -2.53. The van der Waals surface area contributed by atoms with E-state index in [2.05, 4.69) is 41.4 Å². The van der Waals surface area contributed by atoms with Gasteiger partial charge in [0.1, 0.15) is 5.75 Å². The van der Waals surface area contributed by atoms with Crippen molar-refractivity contribution in [2.75, 3.05) is 39.8 Å². The van der Waals surface area contributed by atoms with Crippen LogP contribution < -0.4 is 10.1 Å². The third-order valence-corrected chi connectivity index (χ3v) is 5.24. The van der Waals surface area contributed by atoms with E-state index in [0.717, 1.165) is 44.9 Å². The molecule has 0 atom stereocenters. The van der Waals surface area contributed by atoms with Crippen LogP contribution in [0.15, 0.2) is 48.5 Å². The van der Waals surface area contributed by atoms with Crippen molar-refractivity contribution in [1.29, 1.82) is 0 Å². The molecule has 0 saturated carbocycles. The summed E-state index contributed by atoms with van der Waals surface area (Å²) < 4.78 is 5.43. The molecule has 2 aromatic rings. The quantitative estimate of drug-likeness (QED) is 0.853. The topological polar surface area (TPSA) is 44.8 Å². The number of carbonyl (C=O) groups excluding carboxylic acids is 1. The highest BCUT2D eigenvalue weighted by Crippen LogP contribution is 2.18. The SMILES string of the molecule is COc1ccccc1CCN1CCN(C(=O)NCc2ccccc2C)CC1. The number of nitrogens with one attached hydrogen (secondary N) is 1. The van der Waals surface area contributed by atoms with Crippen molar-refractivity contribution in [3.8, 4) is 5.75 Å². The molecule has 5 nitrogen and oxygen atoms in total. The van der Waals surface area contributed by atoms with Gasteiger partial charge in [-0.3, -0.25) is 4.90 Å². The molecule has 27 heavy (non-hydrogen) atoms. The lowest BCUT2D eigenvalue weighted by molar-refractivity contribution is 0.139. The predicted molar refractivity (Wildman–Crippen MR) is 108 cm³/mol. The van der Waals surface area contributed by atoms with Crippen LogP contribution in [0.3, 0.4) is 0 Å². The largest absolute Gasteiger partial charge is 0.496 e. The fourth-order valence-electron chi connectivity index (χ4n) is 3.45. The highest BCUT2D eigenvalue weighted by Gasteiger charge is 2.21. The standard InChI is InChI=1S/C22H29N3O2/c1-18-7-3-4-9-20(18)17-23-22(26)25-15-13-24(14-16-25)12-11-19-8-5-6-10-21(19)27-2/h3-10H,11-17H2,1-2H3,(H,23,26). The Morgan fingerprint density at radius 2 is 1.67 bits per heavy atom. The number of benzene rings is 2. The summed E-state index contributed by atoms with van der Waals surface area (Å²) in [5.74, 6) is 0.951. The third kappa shape index (κ3) is 5.23. The van der Waals surface area contributed by atoms with Crippen molar-refractivity contribution in [2.45, 2.75) is 19.9 Å². The van der Waals surface area contributed by atoms with Crippen LogP contribution in [-0.4, -0.2) is 55.7 Å². The number of hydrogen-bond donors (Lipinski definition) is 1. The van der Waals surface area contributed by atoms with Gasteiger partial charge >= 0.3 is 6.03 Å². The van der Waals surface area contributed by atoms with Crippen molar-refractivity contribution < 1.29 is 9.53 Å². The maximum absolute atomic E-state index is 12.4. The number of rotatable bonds is 6. The number of nitrogens with zero attached hydrogens (tertiary/aromatic N) is 2. The minimum absolute atomic E-state index is 0.0302. The molecule has 0 aliphatic carbocycles. The first-order valence-corrected chi connectivity index (χ1v) is 9.59. The summed E-state index contributed by atoms with van der Waals surface area (Å²) in [5.41, 5.74) is 3.61.